The molecule has 6 heteroatoms. The summed E-state index contributed by atoms with van der Waals surface area (Å²) in [6, 6.07) is -0.322. The first-order valence-corrected chi connectivity index (χ1v) is 5.46. The number of hydrogen-bond donors (Lipinski definition) is 1. The molecule has 0 aromatic carbocycles. The van der Waals surface area contributed by atoms with Gasteiger partial charge in [-0.15, -0.1) is 0 Å². The summed E-state index contributed by atoms with van der Waals surface area (Å²) >= 11 is 0. The molecule has 1 aromatic heterocycles. The first-order valence-electron chi connectivity index (χ1n) is 5.46. The maximum atomic E-state index is 11.2. The van der Waals surface area contributed by atoms with Crippen molar-refractivity contribution in [3.63, 3.8) is 0 Å². The zero-order chi connectivity index (χ0) is 13.0. The lowest BCUT2D eigenvalue weighted by molar-refractivity contribution is -0.142. The number of ether oxygens (including phenoxy) is 1. The van der Waals surface area contributed by atoms with Crippen molar-refractivity contribution in [2.24, 2.45) is 7.05 Å². The molecule has 0 fully saturated rings. The van der Waals surface area contributed by atoms with E-state index in [1.54, 1.807) is 13.1 Å². The van der Waals surface area contributed by atoms with Crippen LogP contribution < -0.4 is 10.2 Å². The largest absolute Gasteiger partial charge is 0.468 e. The van der Waals surface area contributed by atoms with E-state index in [2.05, 4.69) is 15.0 Å². The number of carbonyl (C=O) groups excluding carboxylic acids is 1. The van der Waals surface area contributed by atoms with E-state index in [0.717, 1.165) is 11.6 Å². The quantitative estimate of drug-likeness (QED) is 0.742. The predicted octanol–water partition coefficient (Wildman–Crippen LogP) is 0.137. The summed E-state index contributed by atoms with van der Waals surface area (Å²) < 4.78 is 6.63. The molecule has 0 aliphatic carbocycles. The smallest absolute Gasteiger partial charge is 0.322 e. The van der Waals surface area contributed by atoms with Gasteiger partial charge in [-0.25, -0.2) is 4.98 Å². The topological polar surface area (TPSA) is 59.4 Å². The number of aromatic nitrogens is 2. The van der Waals surface area contributed by atoms with Gasteiger partial charge < -0.3 is 14.2 Å². The first kappa shape index (κ1) is 13.5. The molecule has 0 saturated carbocycles. The normalized spacial score (nSPS) is 12.3. The summed E-state index contributed by atoms with van der Waals surface area (Å²) in [7, 11) is 7.21. The maximum absolute atomic E-state index is 11.2. The molecule has 0 radical (unpaired) electrons. The first-order chi connectivity index (χ1) is 7.97. The number of anilines is 1. The Morgan fingerprint density at radius 2 is 2.29 bits per heavy atom. The lowest BCUT2D eigenvalue weighted by Crippen LogP contribution is -2.34. The molecule has 1 atom stereocenters. The average Bonchev–Trinajstić information content (AvgIpc) is 2.66. The molecule has 6 nitrogen and oxygen atoms in total. The van der Waals surface area contributed by atoms with Crippen LogP contribution in [0.1, 0.15) is 12.6 Å². The van der Waals surface area contributed by atoms with Gasteiger partial charge >= 0.3 is 5.97 Å². The van der Waals surface area contributed by atoms with Crippen molar-refractivity contribution < 1.29 is 9.53 Å². The van der Waals surface area contributed by atoms with Crippen molar-refractivity contribution in [1.82, 2.24) is 14.9 Å². The Morgan fingerprint density at radius 1 is 1.65 bits per heavy atom. The number of methoxy groups -OCH3 is 1. The Bertz CT molecular complexity index is 387. The van der Waals surface area contributed by atoms with E-state index in [1.807, 2.05) is 30.6 Å². The summed E-state index contributed by atoms with van der Waals surface area (Å²) in [5, 5.41) is 3.09. The van der Waals surface area contributed by atoms with Crippen LogP contribution in [-0.2, 0) is 23.1 Å². The minimum absolute atomic E-state index is 0.264. The number of carbonyl (C=O) groups is 1. The molecule has 1 heterocycles. The van der Waals surface area contributed by atoms with Gasteiger partial charge in [-0.1, -0.05) is 0 Å². The molecule has 0 saturated heterocycles. The van der Waals surface area contributed by atoms with E-state index < -0.39 is 0 Å². The summed E-state index contributed by atoms with van der Waals surface area (Å²) in [6.45, 7) is 2.35. The number of esters is 1. The minimum Gasteiger partial charge on any atom is -0.468 e. The van der Waals surface area contributed by atoms with E-state index in [1.165, 1.54) is 7.11 Å². The van der Waals surface area contributed by atoms with Crippen LogP contribution in [0, 0.1) is 0 Å². The Hall–Kier alpha value is -1.56. The van der Waals surface area contributed by atoms with E-state index in [4.69, 9.17) is 0 Å². The number of hydrogen-bond acceptors (Lipinski definition) is 5. The third kappa shape index (κ3) is 3.20. The van der Waals surface area contributed by atoms with Crippen LogP contribution in [0.5, 0.6) is 0 Å². The third-order valence-corrected chi connectivity index (χ3v) is 2.60. The van der Waals surface area contributed by atoms with E-state index in [9.17, 15) is 4.79 Å². The van der Waals surface area contributed by atoms with Gasteiger partial charge in [0.1, 0.15) is 6.04 Å². The zero-order valence-electron chi connectivity index (χ0n) is 11.0. The fraction of sp³-hybridized carbons (Fsp3) is 0.636. The molecule has 1 N–H and O–H groups in total. The minimum atomic E-state index is -0.322. The van der Waals surface area contributed by atoms with Crippen molar-refractivity contribution in [3.05, 3.63) is 11.9 Å². The van der Waals surface area contributed by atoms with Gasteiger partial charge in [0.25, 0.3) is 0 Å². The number of rotatable bonds is 5. The van der Waals surface area contributed by atoms with Crippen LogP contribution in [0.15, 0.2) is 6.20 Å². The summed E-state index contributed by atoms with van der Waals surface area (Å²) in [4.78, 5) is 17.4. The SMILES string of the molecule is COC(=O)C(C)NCc1cnc(N(C)C)n1C. The molecule has 0 aliphatic heterocycles. The Morgan fingerprint density at radius 3 is 2.76 bits per heavy atom. The van der Waals surface area contributed by atoms with E-state index >= 15 is 0 Å². The van der Waals surface area contributed by atoms with Crippen molar-refractivity contribution in [2.75, 3.05) is 26.1 Å². The van der Waals surface area contributed by atoms with Gasteiger partial charge in [-0.2, -0.15) is 0 Å². The van der Waals surface area contributed by atoms with E-state index in [0.29, 0.717) is 6.54 Å². The highest BCUT2D eigenvalue weighted by Crippen LogP contribution is 2.10. The summed E-state index contributed by atoms with van der Waals surface area (Å²) in [5.41, 5.74) is 1.02. The van der Waals surface area contributed by atoms with Crippen molar-refractivity contribution in [1.29, 1.82) is 0 Å². The predicted molar refractivity (Wildman–Crippen MR) is 65.9 cm³/mol. The van der Waals surface area contributed by atoms with Gasteiger partial charge in [-0.05, 0) is 6.92 Å². The fourth-order valence-corrected chi connectivity index (χ4v) is 1.53. The monoisotopic (exact) mass is 240 g/mol. The van der Waals surface area contributed by atoms with E-state index in [-0.39, 0.29) is 12.0 Å². The standard InChI is InChI=1S/C11H20N4O2/c1-8(10(16)17-5)12-6-9-7-13-11(14(2)3)15(9)4/h7-8,12H,6H2,1-5H3. The van der Waals surface area contributed by atoms with Gasteiger partial charge in [0.2, 0.25) is 5.95 Å². The second kappa shape index (κ2) is 5.67. The molecule has 1 aromatic rings. The van der Waals surface area contributed by atoms with Crippen molar-refractivity contribution in [2.45, 2.75) is 19.5 Å². The summed E-state index contributed by atoms with van der Waals surface area (Å²) in [5.74, 6) is 0.618. The Kier molecular flexibility index (Phi) is 4.51. The zero-order valence-corrected chi connectivity index (χ0v) is 11.0. The Balaban J connectivity index is 2.61. The van der Waals surface area contributed by atoms with Crippen molar-refractivity contribution >= 4 is 11.9 Å². The van der Waals surface area contributed by atoms with Crippen LogP contribution in [0.4, 0.5) is 5.95 Å². The third-order valence-electron chi connectivity index (χ3n) is 2.60. The fourth-order valence-electron chi connectivity index (χ4n) is 1.53. The van der Waals surface area contributed by atoms with Crippen molar-refractivity contribution in [3.8, 4) is 0 Å². The molecular formula is C11H20N4O2. The number of nitrogens with zero attached hydrogens (tertiary/aromatic N) is 3. The van der Waals surface area contributed by atoms with Gasteiger partial charge in [0, 0.05) is 27.7 Å². The van der Waals surface area contributed by atoms with Gasteiger partial charge in [0.05, 0.1) is 19.0 Å². The molecule has 17 heavy (non-hydrogen) atoms. The molecule has 1 unspecified atom stereocenters. The van der Waals surface area contributed by atoms with Crippen LogP contribution in [0.25, 0.3) is 0 Å². The summed E-state index contributed by atoms with van der Waals surface area (Å²) in [6.07, 6.45) is 1.80. The van der Waals surface area contributed by atoms with Crippen LogP contribution in [0.2, 0.25) is 0 Å². The van der Waals surface area contributed by atoms with Gasteiger partial charge in [0.15, 0.2) is 0 Å². The molecule has 1 rings (SSSR count). The molecule has 0 aliphatic rings. The second-order valence-corrected chi connectivity index (χ2v) is 4.13. The number of nitrogens with one attached hydrogen (secondary N) is 1. The molecule has 0 spiro atoms. The van der Waals surface area contributed by atoms with Gasteiger partial charge in [-0.3, -0.25) is 10.1 Å². The molecule has 0 bridgehead atoms. The van der Waals surface area contributed by atoms with Crippen LogP contribution >= 0.6 is 0 Å². The van der Waals surface area contributed by atoms with Crippen LogP contribution in [-0.4, -0.2) is 42.8 Å². The highest BCUT2D eigenvalue weighted by Gasteiger charge is 2.14. The molecular weight excluding hydrogens is 220 g/mol. The molecule has 0 amide bonds. The lowest BCUT2D eigenvalue weighted by atomic mass is 10.3. The highest BCUT2D eigenvalue weighted by atomic mass is 16.5. The number of imidazole rings is 1. The Labute approximate surface area is 102 Å². The van der Waals surface area contributed by atoms with Crippen LogP contribution in [0.3, 0.4) is 0 Å². The lowest BCUT2D eigenvalue weighted by Gasteiger charge is -2.14. The maximum Gasteiger partial charge on any atom is 0.322 e. The average molecular weight is 240 g/mol. The highest BCUT2D eigenvalue weighted by molar-refractivity contribution is 5.75. The molecule has 96 valence electrons. The second-order valence-electron chi connectivity index (χ2n) is 4.13.